The number of hydrogen-bond acceptors (Lipinski definition) is 3. The smallest absolute Gasteiger partial charge is 0.323 e. The van der Waals surface area contributed by atoms with Crippen molar-refractivity contribution in [1.29, 1.82) is 0 Å². The molecule has 0 aliphatic heterocycles. The molecule has 0 spiro atoms. The fraction of sp³-hybridized carbons (Fsp3) is 0.778. The normalized spacial score (nSPS) is 12.2. The Morgan fingerprint density at radius 2 is 2.07 bits per heavy atom. The first-order chi connectivity index (χ1) is 6.47. The van der Waals surface area contributed by atoms with Crippen molar-refractivity contribution in [3.05, 3.63) is 0 Å². The maximum atomic E-state index is 11.3. The Labute approximate surface area is 83.9 Å². The number of amides is 1. The van der Waals surface area contributed by atoms with E-state index in [1.807, 2.05) is 6.92 Å². The van der Waals surface area contributed by atoms with Gasteiger partial charge in [0.15, 0.2) is 0 Å². The van der Waals surface area contributed by atoms with Gasteiger partial charge in [0, 0.05) is 13.5 Å². The molecule has 82 valence electrons. The Balaban J connectivity index is 3.78. The van der Waals surface area contributed by atoms with E-state index in [4.69, 9.17) is 10.8 Å². The molecule has 0 aromatic rings. The summed E-state index contributed by atoms with van der Waals surface area (Å²) in [6.07, 6.45) is 1.07. The van der Waals surface area contributed by atoms with Crippen molar-refractivity contribution in [2.75, 3.05) is 20.1 Å². The van der Waals surface area contributed by atoms with Crippen molar-refractivity contribution in [3.8, 4) is 0 Å². The van der Waals surface area contributed by atoms with Crippen LogP contribution in [0.25, 0.3) is 0 Å². The van der Waals surface area contributed by atoms with Crippen molar-refractivity contribution in [2.24, 2.45) is 11.7 Å². The van der Waals surface area contributed by atoms with Crippen LogP contribution in [0.2, 0.25) is 0 Å². The molecular formula is C9H18N2O3. The molecule has 0 radical (unpaired) electrons. The van der Waals surface area contributed by atoms with Gasteiger partial charge in [-0.3, -0.25) is 9.59 Å². The molecule has 3 N–H and O–H groups in total. The van der Waals surface area contributed by atoms with Gasteiger partial charge in [0.2, 0.25) is 5.91 Å². The first kappa shape index (κ1) is 12.9. The molecule has 1 unspecified atom stereocenters. The topological polar surface area (TPSA) is 83.6 Å². The lowest BCUT2D eigenvalue weighted by atomic mass is 10.1. The summed E-state index contributed by atoms with van der Waals surface area (Å²) >= 11 is 0. The minimum absolute atomic E-state index is 0.146. The monoisotopic (exact) mass is 202 g/mol. The predicted octanol–water partition coefficient (Wildman–Crippen LogP) is -0.0956. The first-order valence-corrected chi connectivity index (χ1v) is 4.63. The summed E-state index contributed by atoms with van der Waals surface area (Å²) in [6, 6.07) is 0. The van der Waals surface area contributed by atoms with Crippen LogP contribution in [0.15, 0.2) is 0 Å². The van der Waals surface area contributed by atoms with Gasteiger partial charge < -0.3 is 15.7 Å². The van der Waals surface area contributed by atoms with Gasteiger partial charge in [-0.05, 0) is 18.9 Å². The number of carboxylic acid groups (broad SMARTS) is 1. The number of rotatable bonds is 6. The average molecular weight is 202 g/mol. The van der Waals surface area contributed by atoms with Crippen LogP contribution < -0.4 is 5.73 Å². The van der Waals surface area contributed by atoms with Crippen molar-refractivity contribution in [2.45, 2.75) is 19.8 Å². The van der Waals surface area contributed by atoms with E-state index in [0.29, 0.717) is 25.3 Å². The summed E-state index contributed by atoms with van der Waals surface area (Å²) in [5, 5.41) is 8.44. The van der Waals surface area contributed by atoms with Crippen LogP contribution in [-0.2, 0) is 9.59 Å². The molecule has 0 rings (SSSR count). The van der Waals surface area contributed by atoms with Gasteiger partial charge in [-0.15, -0.1) is 0 Å². The maximum Gasteiger partial charge on any atom is 0.323 e. The lowest BCUT2D eigenvalue weighted by Crippen LogP contribution is -2.32. The van der Waals surface area contributed by atoms with Crippen LogP contribution in [0.1, 0.15) is 19.8 Å². The van der Waals surface area contributed by atoms with Gasteiger partial charge >= 0.3 is 5.97 Å². The van der Waals surface area contributed by atoms with Gasteiger partial charge in [-0.1, -0.05) is 6.92 Å². The predicted molar refractivity (Wildman–Crippen MR) is 52.7 cm³/mol. The number of hydrogen-bond donors (Lipinski definition) is 2. The van der Waals surface area contributed by atoms with E-state index >= 15 is 0 Å². The van der Waals surface area contributed by atoms with Crippen molar-refractivity contribution < 1.29 is 14.7 Å². The summed E-state index contributed by atoms with van der Waals surface area (Å²) in [6.45, 7) is 2.27. The second-order valence-corrected chi connectivity index (χ2v) is 3.52. The molecule has 0 saturated heterocycles. The SMILES string of the molecule is CC(CN)CCC(=O)N(C)CC(=O)O. The lowest BCUT2D eigenvalue weighted by Gasteiger charge is -2.15. The second kappa shape index (κ2) is 6.37. The number of likely N-dealkylation sites (N-methyl/N-ethyl adjacent to an activating group) is 1. The molecule has 14 heavy (non-hydrogen) atoms. The number of carbonyl (C=O) groups excluding carboxylic acids is 1. The van der Waals surface area contributed by atoms with Crippen LogP contribution in [0.5, 0.6) is 0 Å². The van der Waals surface area contributed by atoms with E-state index in [-0.39, 0.29) is 12.5 Å². The number of nitrogens with zero attached hydrogens (tertiary/aromatic N) is 1. The van der Waals surface area contributed by atoms with E-state index in [9.17, 15) is 9.59 Å². The number of carboxylic acids is 1. The fourth-order valence-corrected chi connectivity index (χ4v) is 0.970. The first-order valence-electron chi connectivity index (χ1n) is 4.63. The summed E-state index contributed by atoms with van der Waals surface area (Å²) in [4.78, 5) is 22.8. The highest BCUT2D eigenvalue weighted by Crippen LogP contribution is 2.04. The standard InChI is InChI=1S/C9H18N2O3/c1-7(5-10)3-4-8(12)11(2)6-9(13)14/h7H,3-6,10H2,1-2H3,(H,13,14). The molecule has 5 heteroatoms. The van der Waals surface area contributed by atoms with E-state index < -0.39 is 5.97 Å². The van der Waals surface area contributed by atoms with Crippen LogP contribution in [-0.4, -0.2) is 42.0 Å². The molecule has 0 aliphatic rings. The zero-order chi connectivity index (χ0) is 11.1. The Morgan fingerprint density at radius 3 is 2.50 bits per heavy atom. The quantitative estimate of drug-likeness (QED) is 0.630. The van der Waals surface area contributed by atoms with Gasteiger partial charge in [0.1, 0.15) is 6.54 Å². The Bertz CT molecular complexity index is 206. The number of carbonyl (C=O) groups is 2. The highest BCUT2D eigenvalue weighted by molar-refractivity contribution is 5.80. The van der Waals surface area contributed by atoms with Gasteiger partial charge in [0.25, 0.3) is 0 Å². The molecule has 0 saturated carbocycles. The molecule has 0 heterocycles. The number of aliphatic carboxylic acids is 1. The van der Waals surface area contributed by atoms with E-state index in [0.717, 1.165) is 0 Å². The third-order valence-corrected chi connectivity index (χ3v) is 2.05. The van der Waals surface area contributed by atoms with Crippen molar-refractivity contribution in [3.63, 3.8) is 0 Å². The zero-order valence-corrected chi connectivity index (χ0v) is 8.69. The van der Waals surface area contributed by atoms with Crippen LogP contribution in [0.4, 0.5) is 0 Å². The summed E-state index contributed by atoms with van der Waals surface area (Å²) in [5.41, 5.74) is 5.40. The van der Waals surface area contributed by atoms with Crippen LogP contribution in [0.3, 0.4) is 0 Å². The zero-order valence-electron chi connectivity index (χ0n) is 8.69. The molecule has 1 amide bonds. The molecule has 5 nitrogen and oxygen atoms in total. The third kappa shape index (κ3) is 5.53. The molecule has 0 aromatic carbocycles. The van der Waals surface area contributed by atoms with E-state index in [1.54, 1.807) is 0 Å². The summed E-state index contributed by atoms with van der Waals surface area (Å²) < 4.78 is 0. The molecule has 0 fully saturated rings. The molecule has 0 aliphatic carbocycles. The van der Waals surface area contributed by atoms with Gasteiger partial charge in [-0.25, -0.2) is 0 Å². The molecule has 0 bridgehead atoms. The minimum Gasteiger partial charge on any atom is -0.480 e. The average Bonchev–Trinajstić information content (AvgIpc) is 2.12. The van der Waals surface area contributed by atoms with Crippen LogP contribution >= 0.6 is 0 Å². The highest BCUT2D eigenvalue weighted by Gasteiger charge is 2.12. The minimum atomic E-state index is -0.993. The molecular weight excluding hydrogens is 184 g/mol. The summed E-state index contributed by atoms with van der Waals surface area (Å²) in [5.74, 6) is -0.836. The van der Waals surface area contributed by atoms with Gasteiger partial charge in [-0.2, -0.15) is 0 Å². The third-order valence-electron chi connectivity index (χ3n) is 2.05. The second-order valence-electron chi connectivity index (χ2n) is 3.52. The Kier molecular flexibility index (Phi) is 5.87. The van der Waals surface area contributed by atoms with E-state index in [1.165, 1.54) is 11.9 Å². The van der Waals surface area contributed by atoms with Gasteiger partial charge in [0.05, 0.1) is 0 Å². The Hall–Kier alpha value is -1.10. The number of nitrogens with two attached hydrogens (primary N) is 1. The van der Waals surface area contributed by atoms with Crippen molar-refractivity contribution >= 4 is 11.9 Å². The molecule has 1 atom stereocenters. The van der Waals surface area contributed by atoms with Crippen LogP contribution in [0, 0.1) is 5.92 Å². The summed E-state index contributed by atoms with van der Waals surface area (Å²) in [7, 11) is 1.49. The Morgan fingerprint density at radius 1 is 1.50 bits per heavy atom. The maximum absolute atomic E-state index is 11.3. The van der Waals surface area contributed by atoms with Crippen molar-refractivity contribution in [1.82, 2.24) is 4.90 Å². The lowest BCUT2D eigenvalue weighted by molar-refractivity contribution is -0.143. The fourth-order valence-electron chi connectivity index (χ4n) is 0.970. The van der Waals surface area contributed by atoms with E-state index in [2.05, 4.69) is 0 Å². The molecule has 0 aromatic heterocycles. The largest absolute Gasteiger partial charge is 0.480 e. The highest BCUT2D eigenvalue weighted by atomic mass is 16.4.